The van der Waals surface area contributed by atoms with Crippen LogP contribution in [0, 0.1) is 5.82 Å². The van der Waals surface area contributed by atoms with E-state index in [1.54, 1.807) is 26.3 Å². The summed E-state index contributed by atoms with van der Waals surface area (Å²) in [4.78, 5) is 4.06. The molecule has 0 saturated heterocycles. The molecule has 0 heterocycles. The minimum absolute atomic E-state index is 0. The van der Waals surface area contributed by atoms with Gasteiger partial charge < -0.3 is 15.4 Å². The van der Waals surface area contributed by atoms with Gasteiger partial charge in [0.05, 0.1) is 6.61 Å². The van der Waals surface area contributed by atoms with Gasteiger partial charge in [0.15, 0.2) is 5.96 Å². The lowest BCUT2D eigenvalue weighted by Gasteiger charge is -2.11. The first kappa shape index (κ1) is 17.1. The van der Waals surface area contributed by atoms with Crippen LogP contribution < -0.4 is 10.6 Å². The lowest BCUT2D eigenvalue weighted by molar-refractivity contribution is 0.203. The summed E-state index contributed by atoms with van der Waals surface area (Å²) < 4.78 is 17.6. The van der Waals surface area contributed by atoms with Crippen LogP contribution in [0.4, 0.5) is 4.39 Å². The number of ether oxygens (including phenoxy) is 1. The fraction of sp³-hybridized carbons (Fsp3) is 0.417. The summed E-state index contributed by atoms with van der Waals surface area (Å²) in [7, 11) is 3.35. The molecule has 0 unspecified atom stereocenters. The molecule has 18 heavy (non-hydrogen) atoms. The van der Waals surface area contributed by atoms with Crippen molar-refractivity contribution in [2.24, 2.45) is 4.99 Å². The average Bonchev–Trinajstić information content (AvgIpc) is 2.35. The van der Waals surface area contributed by atoms with E-state index in [1.807, 2.05) is 0 Å². The number of benzene rings is 1. The average molecular weight is 367 g/mol. The van der Waals surface area contributed by atoms with Crippen molar-refractivity contribution in [3.05, 3.63) is 35.6 Å². The van der Waals surface area contributed by atoms with E-state index in [0.29, 0.717) is 25.7 Å². The smallest absolute Gasteiger partial charge is 0.191 e. The second-order valence-electron chi connectivity index (χ2n) is 3.47. The summed E-state index contributed by atoms with van der Waals surface area (Å²) in [5.41, 5.74) is 1.00. The third-order valence-corrected chi connectivity index (χ3v) is 2.20. The number of methoxy groups -OCH3 is 1. The molecule has 0 saturated carbocycles. The number of rotatable bonds is 5. The van der Waals surface area contributed by atoms with Gasteiger partial charge in [0.1, 0.15) is 5.82 Å². The van der Waals surface area contributed by atoms with Crippen molar-refractivity contribution in [2.45, 2.75) is 6.54 Å². The van der Waals surface area contributed by atoms with E-state index < -0.39 is 0 Å². The normalized spacial score (nSPS) is 10.7. The van der Waals surface area contributed by atoms with Crippen molar-refractivity contribution >= 4 is 29.9 Å². The third-order valence-electron chi connectivity index (χ3n) is 2.20. The van der Waals surface area contributed by atoms with E-state index >= 15 is 0 Å². The van der Waals surface area contributed by atoms with Crippen LogP contribution in [-0.2, 0) is 11.3 Å². The fourth-order valence-corrected chi connectivity index (χ4v) is 1.28. The molecule has 1 aromatic carbocycles. The highest BCUT2D eigenvalue weighted by molar-refractivity contribution is 14.0. The molecule has 1 rings (SSSR count). The van der Waals surface area contributed by atoms with Gasteiger partial charge in [0.25, 0.3) is 0 Å². The summed E-state index contributed by atoms with van der Waals surface area (Å²) in [5.74, 6) is 0.475. The van der Waals surface area contributed by atoms with Gasteiger partial charge in [-0.25, -0.2) is 4.39 Å². The molecule has 0 radical (unpaired) electrons. The number of nitrogens with zero attached hydrogens (tertiary/aromatic N) is 1. The van der Waals surface area contributed by atoms with Gasteiger partial charge in [-0.1, -0.05) is 12.1 Å². The number of halogens is 2. The van der Waals surface area contributed by atoms with Gasteiger partial charge in [0, 0.05) is 27.2 Å². The first-order valence-corrected chi connectivity index (χ1v) is 5.44. The molecule has 0 aliphatic rings. The van der Waals surface area contributed by atoms with E-state index in [9.17, 15) is 4.39 Å². The Balaban J connectivity index is 0.00000289. The second-order valence-corrected chi connectivity index (χ2v) is 3.47. The van der Waals surface area contributed by atoms with Gasteiger partial charge in [0.2, 0.25) is 0 Å². The standard InChI is InChI=1S/C12H18FN3O.HI/c1-14-12(15-7-8-17-2)16-9-10-3-5-11(13)6-4-10;/h3-6H,7-9H2,1-2H3,(H2,14,15,16);1H. The van der Waals surface area contributed by atoms with Crippen molar-refractivity contribution in [1.29, 1.82) is 0 Å². The van der Waals surface area contributed by atoms with E-state index in [0.717, 1.165) is 5.56 Å². The van der Waals surface area contributed by atoms with Gasteiger partial charge in [-0.05, 0) is 17.7 Å². The summed E-state index contributed by atoms with van der Waals surface area (Å²) in [5, 5.41) is 6.22. The maximum absolute atomic E-state index is 12.7. The highest BCUT2D eigenvalue weighted by Crippen LogP contribution is 2.01. The van der Waals surface area contributed by atoms with Crippen LogP contribution in [0.5, 0.6) is 0 Å². The summed E-state index contributed by atoms with van der Waals surface area (Å²) in [6, 6.07) is 6.37. The number of aliphatic imine (C=N–C) groups is 1. The zero-order valence-corrected chi connectivity index (χ0v) is 12.9. The van der Waals surface area contributed by atoms with E-state index in [1.165, 1.54) is 12.1 Å². The van der Waals surface area contributed by atoms with Crippen LogP contribution in [0.2, 0.25) is 0 Å². The molecule has 6 heteroatoms. The first-order chi connectivity index (χ1) is 8.26. The largest absolute Gasteiger partial charge is 0.383 e. The van der Waals surface area contributed by atoms with Gasteiger partial charge >= 0.3 is 0 Å². The van der Waals surface area contributed by atoms with E-state index in [-0.39, 0.29) is 29.8 Å². The topological polar surface area (TPSA) is 45.7 Å². The number of guanidine groups is 1. The molecule has 102 valence electrons. The predicted molar refractivity (Wildman–Crippen MR) is 81.9 cm³/mol. The van der Waals surface area contributed by atoms with Gasteiger partial charge in [-0.3, -0.25) is 4.99 Å². The lowest BCUT2D eigenvalue weighted by Crippen LogP contribution is -2.38. The van der Waals surface area contributed by atoms with Crippen molar-refractivity contribution in [2.75, 3.05) is 27.3 Å². The molecular weight excluding hydrogens is 348 g/mol. The third kappa shape index (κ3) is 6.75. The molecule has 0 aromatic heterocycles. The maximum Gasteiger partial charge on any atom is 0.191 e. The zero-order valence-electron chi connectivity index (χ0n) is 10.6. The Bertz CT molecular complexity index is 357. The van der Waals surface area contributed by atoms with Crippen molar-refractivity contribution in [3.63, 3.8) is 0 Å². The number of nitrogens with one attached hydrogen (secondary N) is 2. The van der Waals surface area contributed by atoms with Gasteiger partial charge in [-0.15, -0.1) is 24.0 Å². The lowest BCUT2D eigenvalue weighted by atomic mass is 10.2. The molecule has 0 bridgehead atoms. The monoisotopic (exact) mass is 367 g/mol. The quantitative estimate of drug-likeness (QED) is 0.361. The molecule has 0 fully saturated rings. The van der Waals surface area contributed by atoms with E-state index in [2.05, 4.69) is 15.6 Å². The zero-order chi connectivity index (χ0) is 12.5. The summed E-state index contributed by atoms with van der Waals surface area (Å²) >= 11 is 0. The highest BCUT2D eigenvalue weighted by Gasteiger charge is 1.97. The minimum atomic E-state index is -0.226. The van der Waals surface area contributed by atoms with Crippen molar-refractivity contribution in [3.8, 4) is 0 Å². The molecule has 0 aliphatic heterocycles. The molecule has 4 nitrogen and oxygen atoms in total. The minimum Gasteiger partial charge on any atom is -0.383 e. The Hall–Kier alpha value is -0.890. The fourth-order valence-electron chi connectivity index (χ4n) is 1.28. The maximum atomic E-state index is 12.7. The second kappa shape index (κ2) is 10.1. The van der Waals surface area contributed by atoms with Crippen LogP contribution in [0.15, 0.2) is 29.3 Å². The SMILES string of the molecule is CN=C(NCCOC)NCc1ccc(F)cc1.I. The Morgan fingerprint density at radius 2 is 1.94 bits per heavy atom. The van der Waals surface area contributed by atoms with Crippen LogP contribution in [0.25, 0.3) is 0 Å². The molecular formula is C12H19FIN3O. The first-order valence-electron chi connectivity index (χ1n) is 5.44. The summed E-state index contributed by atoms with van der Waals surface area (Å²) in [6.07, 6.45) is 0. The Morgan fingerprint density at radius 1 is 1.28 bits per heavy atom. The molecule has 0 spiro atoms. The van der Waals surface area contributed by atoms with Gasteiger partial charge in [-0.2, -0.15) is 0 Å². The molecule has 2 N–H and O–H groups in total. The number of hydrogen-bond donors (Lipinski definition) is 2. The van der Waals surface area contributed by atoms with Crippen LogP contribution in [0.3, 0.4) is 0 Å². The van der Waals surface area contributed by atoms with Crippen molar-refractivity contribution in [1.82, 2.24) is 10.6 Å². The predicted octanol–water partition coefficient (Wildman–Crippen LogP) is 1.76. The van der Waals surface area contributed by atoms with Crippen LogP contribution >= 0.6 is 24.0 Å². The number of hydrogen-bond acceptors (Lipinski definition) is 2. The Labute approximate surface area is 124 Å². The molecule has 0 aliphatic carbocycles. The Kier molecular flexibility index (Phi) is 9.57. The summed E-state index contributed by atoms with van der Waals surface area (Å²) in [6.45, 7) is 1.92. The molecule has 1 aromatic rings. The van der Waals surface area contributed by atoms with Crippen LogP contribution in [0.1, 0.15) is 5.56 Å². The Morgan fingerprint density at radius 3 is 2.50 bits per heavy atom. The van der Waals surface area contributed by atoms with E-state index in [4.69, 9.17) is 4.74 Å². The molecule has 0 atom stereocenters. The van der Waals surface area contributed by atoms with Crippen molar-refractivity contribution < 1.29 is 9.13 Å². The molecule has 0 amide bonds. The highest BCUT2D eigenvalue weighted by atomic mass is 127. The van der Waals surface area contributed by atoms with Crippen LogP contribution in [-0.4, -0.2) is 33.3 Å².